The molecule has 0 aromatic carbocycles. The van der Waals surface area contributed by atoms with Crippen LogP contribution >= 0.6 is 0 Å². The van der Waals surface area contributed by atoms with E-state index in [-0.39, 0.29) is 17.1 Å². The average Bonchev–Trinajstić information content (AvgIpc) is 2.49. The predicted octanol–water partition coefficient (Wildman–Crippen LogP) is 3.39. The lowest BCUT2D eigenvalue weighted by molar-refractivity contribution is -0.117. The fourth-order valence-electron chi connectivity index (χ4n) is 3.33. The van der Waals surface area contributed by atoms with Gasteiger partial charge in [-0.25, -0.2) is 0 Å². The predicted molar refractivity (Wildman–Crippen MR) is 62.6 cm³/mol. The van der Waals surface area contributed by atoms with E-state index in [0.717, 1.165) is 36.8 Å². The van der Waals surface area contributed by atoms with Gasteiger partial charge in [0.25, 0.3) is 0 Å². The van der Waals surface area contributed by atoms with E-state index in [0.29, 0.717) is 6.42 Å². The molecule has 2 atom stereocenters. The molecule has 0 unspecified atom stereocenters. The summed E-state index contributed by atoms with van der Waals surface area (Å²) < 4.78 is 0. The van der Waals surface area contributed by atoms with Crippen molar-refractivity contribution in [2.45, 2.75) is 52.4 Å². The Morgan fingerprint density at radius 1 is 1.38 bits per heavy atom. The topological polar surface area (TPSA) is 40.9 Å². The van der Waals surface area contributed by atoms with Gasteiger partial charge in [-0.1, -0.05) is 19.8 Å². The highest BCUT2D eigenvalue weighted by Gasteiger charge is 2.45. The lowest BCUT2D eigenvalue weighted by Gasteiger charge is -2.38. The SMILES string of the molecule is CC1=C2CCCCC[C@]2(C#N)[C@H](C)CC1=O. The molecule has 0 radical (unpaired) electrons. The molecule has 16 heavy (non-hydrogen) atoms. The minimum atomic E-state index is -0.325. The summed E-state index contributed by atoms with van der Waals surface area (Å²) in [4.78, 5) is 11.9. The minimum Gasteiger partial charge on any atom is -0.295 e. The van der Waals surface area contributed by atoms with E-state index in [1.54, 1.807) is 0 Å². The van der Waals surface area contributed by atoms with E-state index < -0.39 is 0 Å². The van der Waals surface area contributed by atoms with Crippen LogP contribution in [-0.2, 0) is 4.79 Å². The Balaban J connectivity index is 2.55. The molecule has 0 saturated heterocycles. The number of nitrogens with zero attached hydrogens (tertiary/aromatic N) is 1. The number of hydrogen-bond acceptors (Lipinski definition) is 2. The normalized spacial score (nSPS) is 35.3. The van der Waals surface area contributed by atoms with E-state index in [4.69, 9.17) is 0 Å². The number of carbonyl (C=O) groups excluding carboxylic acids is 1. The molecule has 0 heterocycles. The summed E-state index contributed by atoms with van der Waals surface area (Å²) in [5.74, 6) is 0.456. The molecule has 2 nitrogen and oxygen atoms in total. The van der Waals surface area contributed by atoms with Crippen molar-refractivity contribution < 1.29 is 4.79 Å². The number of nitriles is 1. The molecule has 0 amide bonds. The molecule has 2 heteroatoms. The molecule has 2 aliphatic rings. The van der Waals surface area contributed by atoms with Gasteiger partial charge < -0.3 is 0 Å². The molecule has 86 valence electrons. The zero-order chi connectivity index (χ0) is 11.8. The molecule has 0 bridgehead atoms. The first kappa shape index (κ1) is 11.4. The van der Waals surface area contributed by atoms with Crippen LogP contribution in [0.15, 0.2) is 11.1 Å². The highest BCUT2D eigenvalue weighted by atomic mass is 16.1. The summed E-state index contributed by atoms with van der Waals surface area (Å²) in [7, 11) is 0. The van der Waals surface area contributed by atoms with Gasteiger partial charge in [0.1, 0.15) is 0 Å². The molecule has 0 aromatic heterocycles. The van der Waals surface area contributed by atoms with Gasteiger partial charge in [-0.2, -0.15) is 5.26 Å². The van der Waals surface area contributed by atoms with E-state index in [9.17, 15) is 10.1 Å². The van der Waals surface area contributed by atoms with Crippen LogP contribution < -0.4 is 0 Å². The number of ketones is 1. The Morgan fingerprint density at radius 3 is 2.81 bits per heavy atom. The third-order valence-corrected chi connectivity index (χ3v) is 4.44. The highest BCUT2D eigenvalue weighted by molar-refractivity contribution is 5.97. The van der Waals surface area contributed by atoms with Gasteiger partial charge in [-0.05, 0) is 43.3 Å². The van der Waals surface area contributed by atoms with Crippen molar-refractivity contribution in [1.82, 2.24) is 0 Å². The Bertz CT molecular complexity index is 388. The van der Waals surface area contributed by atoms with Gasteiger partial charge in [0.15, 0.2) is 5.78 Å². The zero-order valence-corrected chi connectivity index (χ0v) is 10.2. The molecule has 2 rings (SSSR count). The van der Waals surface area contributed by atoms with Crippen LogP contribution in [-0.4, -0.2) is 5.78 Å². The number of allylic oxidation sites excluding steroid dienone is 2. The van der Waals surface area contributed by atoms with Gasteiger partial charge in [-0.15, -0.1) is 0 Å². The van der Waals surface area contributed by atoms with E-state index in [1.165, 1.54) is 6.42 Å². The summed E-state index contributed by atoms with van der Waals surface area (Å²) in [5, 5.41) is 9.58. The van der Waals surface area contributed by atoms with Crippen LogP contribution in [0.2, 0.25) is 0 Å². The number of hydrogen-bond donors (Lipinski definition) is 0. The third-order valence-electron chi connectivity index (χ3n) is 4.44. The lowest BCUT2D eigenvalue weighted by Crippen LogP contribution is -2.36. The van der Waals surface area contributed by atoms with E-state index in [1.807, 2.05) is 6.92 Å². The first-order valence-corrected chi connectivity index (χ1v) is 6.26. The van der Waals surface area contributed by atoms with Crippen LogP contribution in [0.25, 0.3) is 0 Å². The first-order chi connectivity index (χ1) is 7.62. The molecule has 1 fully saturated rings. The smallest absolute Gasteiger partial charge is 0.158 e. The van der Waals surface area contributed by atoms with Gasteiger partial charge in [0, 0.05) is 6.42 Å². The van der Waals surface area contributed by atoms with Crippen LogP contribution in [0.4, 0.5) is 0 Å². The quantitative estimate of drug-likeness (QED) is 0.624. The maximum atomic E-state index is 11.9. The molecular formula is C14H19NO. The van der Waals surface area contributed by atoms with Gasteiger partial charge in [0.05, 0.1) is 11.5 Å². The summed E-state index contributed by atoms with van der Waals surface area (Å²) in [6.07, 6.45) is 5.92. The van der Waals surface area contributed by atoms with E-state index in [2.05, 4.69) is 13.0 Å². The van der Waals surface area contributed by atoms with Crippen LogP contribution in [0.3, 0.4) is 0 Å². The number of carbonyl (C=O) groups is 1. The maximum absolute atomic E-state index is 11.9. The number of Topliss-reactive ketones (excluding diaryl/α,β-unsaturated/α-hetero) is 1. The number of fused-ring (bicyclic) bond motifs is 1. The molecule has 0 aromatic rings. The van der Waals surface area contributed by atoms with Crippen molar-refractivity contribution in [2.75, 3.05) is 0 Å². The fraction of sp³-hybridized carbons (Fsp3) is 0.714. The largest absolute Gasteiger partial charge is 0.295 e. The Kier molecular flexibility index (Phi) is 2.88. The Morgan fingerprint density at radius 2 is 2.12 bits per heavy atom. The van der Waals surface area contributed by atoms with E-state index >= 15 is 0 Å². The summed E-state index contributed by atoms with van der Waals surface area (Å²) in [6.45, 7) is 3.99. The Labute approximate surface area is 97.3 Å². The van der Waals surface area contributed by atoms with Crippen molar-refractivity contribution in [3.8, 4) is 6.07 Å². The second kappa shape index (κ2) is 4.05. The second-order valence-corrected chi connectivity index (χ2v) is 5.28. The monoisotopic (exact) mass is 217 g/mol. The van der Waals surface area contributed by atoms with Crippen molar-refractivity contribution >= 4 is 5.78 Å². The lowest BCUT2D eigenvalue weighted by atomic mass is 9.62. The summed E-state index contributed by atoms with van der Waals surface area (Å²) in [5.41, 5.74) is 1.73. The zero-order valence-electron chi connectivity index (χ0n) is 10.2. The van der Waals surface area contributed by atoms with Crippen molar-refractivity contribution in [1.29, 1.82) is 5.26 Å². The molecule has 0 N–H and O–H groups in total. The molecule has 0 aliphatic heterocycles. The fourth-order valence-corrected chi connectivity index (χ4v) is 3.33. The van der Waals surface area contributed by atoms with Crippen molar-refractivity contribution in [3.05, 3.63) is 11.1 Å². The molecule has 0 spiro atoms. The second-order valence-electron chi connectivity index (χ2n) is 5.28. The average molecular weight is 217 g/mol. The molecule has 2 aliphatic carbocycles. The third kappa shape index (κ3) is 1.50. The standard InChI is InChI=1S/C14H19NO/c1-10-8-13(16)11(2)12-6-4-3-5-7-14(10,12)9-15/h10H,3-8H2,1-2H3/t10-,14+/m1/s1. The Hall–Kier alpha value is -1.10. The van der Waals surface area contributed by atoms with Crippen LogP contribution in [0.1, 0.15) is 52.4 Å². The minimum absolute atomic E-state index is 0.196. The van der Waals surface area contributed by atoms with Crippen LogP contribution in [0.5, 0.6) is 0 Å². The maximum Gasteiger partial charge on any atom is 0.158 e. The van der Waals surface area contributed by atoms with Gasteiger partial charge in [-0.3, -0.25) is 4.79 Å². The summed E-state index contributed by atoms with van der Waals surface area (Å²) >= 11 is 0. The van der Waals surface area contributed by atoms with Crippen molar-refractivity contribution in [3.63, 3.8) is 0 Å². The van der Waals surface area contributed by atoms with Gasteiger partial charge in [0.2, 0.25) is 0 Å². The molecular weight excluding hydrogens is 198 g/mol. The van der Waals surface area contributed by atoms with Crippen LogP contribution in [0, 0.1) is 22.7 Å². The number of rotatable bonds is 0. The summed E-state index contributed by atoms with van der Waals surface area (Å²) in [6, 6.07) is 2.55. The van der Waals surface area contributed by atoms with Gasteiger partial charge >= 0.3 is 0 Å². The first-order valence-electron chi connectivity index (χ1n) is 6.26. The highest BCUT2D eigenvalue weighted by Crippen LogP contribution is 2.50. The molecule has 1 saturated carbocycles. The van der Waals surface area contributed by atoms with Crippen molar-refractivity contribution in [2.24, 2.45) is 11.3 Å².